The Hall–Kier alpha value is -2.58. The Morgan fingerprint density at radius 3 is 2.43 bits per heavy atom. The van der Waals surface area contributed by atoms with Crippen molar-refractivity contribution in [2.75, 3.05) is 13.1 Å². The molecule has 1 saturated heterocycles. The van der Waals surface area contributed by atoms with Gasteiger partial charge in [-0.2, -0.15) is 9.41 Å². The van der Waals surface area contributed by atoms with Gasteiger partial charge in [0.15, 0.2) is 0 Å². The lowest BCUT2D eigenvalue weighted by molar-refractivity contribution is -0.126. The van der Waals surface area contributed by atoms with Crippen molar-refractivity contribution in [2.24, 2.45) is 11.0 Å². The van der Waals surface area contributed by atoms with Crippen LogP contribution in [0, 0.1) is 18.7 Å². The lowest BCUT2D eigenvalue weighted by Crippen LogP contribution is -2.42. The smallest absolute Gasteiger partial charge is 0.243 e. The topological polar surface area (TPSA) is 78.8 Å². The number of sulfonamides is 1. The minimum absolute atomic E-state index is 0.260. The van der Waals surface area contributed by atoms with Gasteiger partial charge in [-0.25, -0.2) is 18.2 Å². The van der Waals surface area contributed by atoms with Gasteiger partial charge >= 0.3 is 0 Å². The van der Waals surface area contributed by atoms with Crippen molar-refractivity contribution in [1.82, 2.24) is 9.73 Å². The molecule has 0 bridgehead atoms. The minimum atomic E-state index is -3.56. The summed E-state index contributed by atoms with van der Waals surface area (Å²) in [6.45, 7) is 2.44. The second kappa shape index (κ2) is 8.62. The van der Waals surface area contributed by atoms with E-state index in [4.69, 9.17) is 0 Å². The molecule has 0 aromatic heterocycles. The molecular formula is C20H22FN3O3S. The van der Waals surface area contributed by atoms with Gasteiger partial charge in [-0.05, 0) is 38.0 Å². The average molecular weight is 403 g/mol. The third-order valence-electron chi connectivity index (χ3n) is 4.77. The molecule has 3 rings (SSSR count). The molecule has 8 heteroatoms. The maximum Gasteiger partial charge on any atom is 0.243 e. The second-order valence-electron chi connectivity index (χ2n) is 6.75. The molecular weight excluding hydrogens is 381 g/mol. The van der Waals surface area contributed by atoms with E-state index in [9.17, 15) is 17.6 Å². The SMILES string of the molecule is Cc1ccc(S(=O)(=O)N2CCC(C(=O)N/N=C/c3ccccc3F)CC2)cc1. The normalized spacial score (nSPS) is 16.4. The summed E-state index contributed by atoms with van der Waals surface area (Å²) < 4.78 is 40.3. The molecule has 28 heavy (non-hydrogen) atoms. The number of carbonyl (C=O) groups is 1. The number of hydrogen-bond donors (Lipinski definition) is 1. The molecule has 1 aliphatic heterocycles. The van der Waals surface area contributed by atoms with Crippen molar-refractivity contribution < 1.29 is 17.6 Å². The third-order valence-corrected chi connectivity index (χ3v) is 6.68. The molecule has 0 unspecified atom stereocenters. The average Bonchev–Trinajstić information content (AvgIpc) is 2.70. The van der Waals surface area contributed by atoms with Gasteiger partial charge in [0, 0.05) is 24.6 Å². The highest BCUT2D eigenvalue weighted by Gasteiger charge is 2.31. The van der Waals surface area contributed by atoms with Gasteiger partial charge in [0.25, 0.3) is 0 Å². The first-order chi connectivity index (χ1) is 13.4. The lowest BCUT2D eigenvalue weighted by atomic mass is 9.98. The Balaban J connectivity index is 1.55. The summed E-state index contributed by atoms with van der Waals surface area (Å²) in [4.78, 5) is 12.5. The maximum absolute atomic E-state index is 13.5. The summed E-state index contributed by atoms with van der Waals surface area (Å²) in [5.41, 5.74) is 3.69. The molecule has 148 valence electrons. The number of rotatable bonds is 5. The zero-order chi connectivity index (χ0) is 20.1. The summed E-state index contributed by atoms with van der Waals surface area (Å²) in [6, 6.07) is 12.8. The van der Waals surface area contributed by atoms with E-state index in [2.05, 4.69) is 10.5 Å². The number of piperidine rings is 1. The zero-order valence-electron chi connectivity index (χ0n) is 15.5. The molecule has 0 saturated carbocycles. The molecule has 1 heterocycles. The van der Waals surface area contributed by atoms with Crippen molar-refractivity contribution in [3.8, 4) is 0 Å². The zero-order valence-corrected chi connectivity index (χ0v) is 16.3. The van der Waals surface area contributed by atoms with Crippen molar-refractivity contribution in [3.63, 3.8) is 0 Å². The van der Waals surface area contributed by atoms with Gasteiger partial charge in [0.1, 0.15) is 5.82 Å². The van der Waals surface area contributed by atoms with Crippen molar-refractivity contribution >= 4 is 22.1 Å². The molecule has 0 aliphatic carbocycles. The van der Waals surface area contributed by atoms with E-state index in [1.54, 1.807) is 42.5 Å². The Labute approximate surface area is 164 Å². The molecule has 1 fully saturated rings. The summed E-state index contributed by atoms with van der Waals surface area (Å²) in [6.07, 6.45) is 2.07. The molecule has 1 aliphatic rings. The Morgan fingerprint density at radius 2 is 1.79 bits per heavy atom. The molecule has 2 aromatic carbocycles. The predicted molar refractivity (Wildman–Crippen MR) is 105 cm³/mol. The van der Waals surface area contributed by atoms with Crippen LogP contribution in [0.15, 0.2) is 58.5 Å². The molecule has 0 atom stereocenters. The number of nitrogens with zero attached hydrogens (tertiary/aromatic N) is 2. The fourth-order valence-electron chi connectivity index (χ4n) is 3.05. The van der Waals surface area contributed by atoms with Crippen LogP contribution < -0.4 is 5.43 Å². The van der Waals surface area contributed by atoms with Crippen LogP contribution in [0.4, 0.5) is 4.39 Å². The molecule has 0 radical (unpaired) electrons. The molecule has 2 aromatic rings. The van der Waals surface area contributed by atoms with Gasteiger partial charge in [-0.15, -0.1) is 0 Å². The summed E-state index contributed by atoms with van der Waals surface area (Å²) >= 11 is 0. The van der Waals surface area contributed by atoms with E-state index in [1.807, 2.05) is 6.92 Å². The number of aryl methyl sites for hydroxylation is 1. The molecule has 0 spiro atoms. The number of hydrazone groups is 1. The van der Waals surface area contributed by atoms with Crippen LogP contribution in [0.25, 0.3) is 0 Å². The summed E-state index contributed by atoms with van der Waals surface area (Å²) in [5, 5.41) is 3.80. The molecule has 1 amide bonds. The van der Waals surface area contributed by atoms with Crippen LogP contribution in [-0.4, -0.2) is 37.9 Å². The Morgan fingerprint density at radius 1 is 1.14 bits per heavy atom. The lowest BCUT2D eigenvalue weighted by Gasteiger charge is -2.30. The van der Waals surface area contributed by atoms with Crippen LogP contribution in [0.2, 0.25) is 0 Å². The van der Waals surface area contributed by atoms with Crippen LogP contribution in [0.3, 0.4) is 0 Å². The largest absolute Gasteiger partial charge is 0.273 e. The van der Waals surface area contributed by atoms with Gasteiger partial charge < -0.3 is 0 Å². The fourth-order valence-corrected chi connectivity index (χ4v) is 4.52. The van der Waals surface area contributed by atoms with E-state index >= 15 is 0 Å². The van der Waals surface area contributed by atoms with E-state index in [1.165, 1.54) is 16.6 Å². The van der Waals surface area contributed by atoms with Crippen LogP contribution >= 0.6 is 0 Å². The second-order valence-corrected chi connectivity index (χ2v) is 8.69. The Kier molecular flexibility index (Phi) is 6.21. The highest BCUT2D eigenvalue weighted by molar-refractivity contribution is 7.89. The summed E-state index contributed by atoms with van der Waals surface area (Å²) in [7, 11) is -3.56. The third kappa shape index (κ3) is 4.63. The highest BCUT2D eigenvalue weighted by atomic mass is 32.2. The molecule has 6 nitrogen and oxygen atoms in total. The molecule has 1 N–H and O–H groups in total. The number of nitrogens with one attached hydrogen (secondary N) is 1. The van der Waals surface area contributed by atoms with E-state index < -0.39 is 15.8 Å². The van der Waals surface area contributed by atoms with Crippen LogP contribution in [0.1, 0.15) is 24.0 Å². The van der Waals surface area contributed by atoms with E-state index in [0.717, 1.165) is 5.56 Å². The van der Waals surface area contributed by atoms with Crippen LogP contribution in [-0.2, 0) is 14.8 Å². The maximum atomic E-state index is 13.5. The monoisotopic (exact) mass is 403 g/mol. The number of amides is 1. The Bertz CT molecular complexity index is 966. The number of hydrogen-bond acceptors (Lipinski definition) is 4. The number of halogens is 1. The van der Waals surface area contributed by atoms with Crippen LogP contribution in [0.5, 0.6) is 0 Å². The fraction of sp³-hybridized carbons (Fsp3) is 0.300. The standard InChI is InChI=1S/C20H22FN3O3S/c1-15-6-8-18(9-7-15)28(26,27)24-12-10-16(11-13-24)20(25)23-22-14-17-4-2-3-5-19(17)21/h2-9,14,16H,10-13H2,1H3,(H,23,25)/b22-14+. The summed E-state index contributed by atoms with van der Waals surface area (Å²) in [5.74, 6) is -1.04. The van der Waals surface area contributed by atoms with Crippen molar-refractivity contribution in [1.29, 1.82) is 0 Å². The van der Waals surface area contributed by atoms with Gasteiger partial charge in [0.05, 0.1) is 11.1 Å². The first kappa shape index (κ1) is 20.2. The van der Waals surface area contributed by atoms with Gasteiger partial charge in [0.2, 0.25) is 15.9 Å². The van der Waals surface area contributed by atoms with Gasteiger partial charge in [-0.3, -0.25) is 4.79 Å². The van der Waals surface area contributed by atoms with E-state index in [-0.39, 0.29) is 35.4 Å². The van der Waals surface area contributed by atoms with Gasteiger partial charge in [-0.1, -0.05) is 35.9 Å². The first-order valence-corrected chi connectivity index (χ1v) is 10.5. The van der Waals surface area contributed by atoms with E-state index in [0.29, 0.717) is 12.8 Å². The highest BCUT2D eigenvalue weighted by Crippen LogP contribution is 2.24. The van der Waals surface area contributed by atoms with Crippen molar-refractivity contribution in [2.45, 2.75) is 24.7 Å². The quantitative estimate of drug-likeness (QED) is 0.616. The number of benzene rings is 2. The minimum Gasteiger partial charge on any atom is -0.273 e. The predicted octanol–water partition coefficient (Wildman–Crippen LogP) is 2.69. The first-order valence-electron chi connectivity index (χ1n) is 9.02. The number of carbonyl (C=O) groups excluding carboxylic acids is 1. The van der Waals surface area contributed by atoms with Crippen molar-refractivity contribution in [3.05, 3.63) is 65.5 Å².